The van der Waals surface area contributed by atoms with Crippen LogP contribution in [-0.2, 0) is 12.8 Å². The third-order valence-electron chi connectivity index (χ3n) is 7.94. The van der Waals surface area contributed by atoms with E-state index in [1.165, 1.54) is 0 Å². The summed E-state index contributed by atoms with van der Waals surface area (Å²) in [7, 11) is 0. The predicted octanol–water partition coefficient (Wildman–Crippen LogP) is 9.03. The lowest BCUT2D eigenvalue weighted by molar-refractivity contribution is 0.949. The van der Waals surface area contributed by atoms with Crippen molar-refractivity contribution in [3.8, 4) is 0 Å². The molecule has 0 radical (unpaired) electrons. The first-order valence-corrected chi connectivity index (χ1v) is 18.2. The van der Waals surface area contributed by atoms with Crippen molar-refractivity contribution in [2.45, 2.75) is 12.8 Å². The van der Waals surface area contributed by atoms with Crippen LogP contribution < -0.4 is 21.3 Å². The lowest BCUT2D eigenvalue weighted by Gasteiger charge is -2.11. The van der Waals surface area contributed by atoms with E-state index in [0.29, 0.717) is 11.9 Å². The maximum absolute atomic E-state index is 4.58. The minimum absolute atomic E-state index is 0.544. The quantitative estimate of drug-likeness (QED) is 0.0703. The second-order valence-electron chi connectivity index (χ2n) is 11.6. The van der Waals surface area contributed by atoms with Crippen molar-refractivity contribution < 1.29 is 0 Å². The van der Waals surface area contributed by atoms with E-state index in [0.717, 1.165) is 91.1 Å². The van der Waals surface area contributed by atoms with Crippen LogP contribution in [0.15, 0.2) is 131 Å². The van der Waals surface area contributed by atoms with Gasteiger partial charge in [0.25, 0.3) is 0 Å². The van der Waals surface area contributed by atoms with Crippen LogP contribution in [-0.4, -0.2) is 53.0 Å². The Morgan fingerprint density at radius 2 is 1.21 bits per heavy atom. The van der Waals surface area contributed by atoms with Crippen LogP contribution in [0, 0.1) is 0 Å². The summed E-state index contributed by atoms with van der Waals surface area (Å²) >= 11 is 6.99. The van der Waals surface area contributed by atoms with E-state index in [9.17, 15) is 0 Å². The van der Waals surface area contributed by atoms with Gasteiger partial charge in [-0.2, -0.15) is 9.97 Å². The summed E-state index contributed by atoms with van der Waals surface area (Å²) < 4.78 is 1.65. The van der Waals surface area contributed by atoms with Gasteiger partial charge < -0.3 is 31.2 Å². The van der Waals surface area contributed by atoms with E-state index in [2.05, 4.69) is 99.1 Å². The van der Waals surface area contributed by atoms with E-state index in [4.69, 9.17) is 0 Å². The number of rotatable bonds is 12. The van der Waals surface area contributed by atoms with Gasteiger partial charge in [0.2, 0.25) is 11.9 Å². The lowest BCUT2D eigenvalue weighted by Crippen LogP contribution is -2.09. The molecule has 2 aromatic carbocycles. The van der Waals surface area contributed by atoms with Crippen LogP contribution in [0.4, 0.5) is 34.9 Å². The molecule has 6 aromatic heterocycles. The number of aromatic nitrogens is 8. The number of anilines is 6. The molecule has 0 saturated carbocycles. The van der Waals surface area contributed by atoms with Gasteiger partial charge >= 0.3 is 0 Å². The number of nitrogens with zero attached hydrogens (tertiary/aromatic N) is 6. The number of pyridine rings is 2. The minimum Gasteiger partial charge on any atom is -0.369 e. The van der Waals surface area contributed by atoms with Crippen molar-refractivity contribution >= 4 is 88.6 Å². The normalized spacial score (nSPS) is 10.8. The largest absolute Gasteiger partial charge is 0.369 e. The molecule has 12 nitrogen and oxygen atoms in total. The van der Waals surface area contributed by atoms with E-state index in [1.807, 2.05) is 91.3 Å². The highest BCUT2D eigenvalue weighted by atomic mass is 79.9. The average molecular weight is 819 g/mol. The van der Waals surface area contributed by atoms with Crippen molar-refractivity contribution in [3.05, 3.63) is 142 Å². The van der Waals surface area contributed by atoms with Crippen LogP contribution >= 0.6 is 31.9 Å². The Morgan fingerprint density at radius 1 is 0.577 bits per heavy atom. The molecule has 8 aromatic rings. The standard InChI is InChI=1S/2C19H17BrN6/c20-15-12-24-19(25-17-6-3-5-16-14(17)8-11-22-16)26-18(15)23-10-7-13-4-1-2-9-21-13;20-16-12-24-19(25-15-4-5-17-13(11-15)6-9-22-17)26-18(16)23-10-7-14-3-1-2-8-21-14/h2*1-6,8-9,11-12,22H,7,10H2,(H2,23,24,25,26). The fourth-order valence-corrected chi connectivity index (χ4v) is 6.05. The average Bonchev–Trinajstić information content (AvgIpc) is 3.86. The number of fused-ring (bicyclic) bond motifs is 2. The molecule has 52 heavy (non-hydrogen) atoms. The second-order valence-corrected chi connectivity index (χ2v) is 13.3. The van der Waals surface area contributed by atoms with Gasteiger partial charge in [0, 0.05) is 102 Å². The Labute approximate surface area is 316 Å². The summed E-state index contributed by atoms with van der Waals surface area (Å²) in [4.78, 5) is 32.9. The van der Waals surface area contributed by atoms with Gasteiger partial charge in [0.05, 0.1) is 14.6 Å². The first-order chi connectivity index (χ1) is 25.6. The van der Waals surface area contributed by atoms with Gasteiger partial charge in [-0.05, 0) is 98.6 Å². The first kappa shape index (κ1) is 34.6. The monoisotopic (exact) mass is 816 g/mol. The Kier molecular flexibility index (Phi) is 11.2. The smallest absolute Gasteiger partial charge is 0.229 e. The predicted molar refractivity (Wildman–Crippen MR) is 215 cm³/mol. The Morgan fingerprint density at radius 3 is 1.87 bits per heavy atom. The van der Waals surface area contributed by atoms with Crippen molar-refractivity contribution in [2.75, 3.05) is 34.4 Å². The van der Waals surface area contributed by atoms with Gasteiger partial charge in [-0.25, -0.2) is 9.97 Å². The summed E-state index contributed by atoms with van der Waals surface area (Å²) in [6, 6.07) is 28.0. The van der Waals surface area contributed by atoms with Crippen LogP contribution in [0.1, 0.15) is 11.4 Å². The number of hydrogen-bond donors (Lipinski definition) is 6. The summed E-state index contributed by atoms with van der Waals surface area (Å²) in [6.45, 7) is 1.47. The van der Waals surface area contributed by atoms with E-state index >= 15 is 0 Å². The molecule has 0 bridgehead atoms. The molecule has 14 heteroatoms. The molecule has 0 amide bonds. The zero-order chi connectivity index (χ0) is 35.5. The summed E-state index contributed by atoms with van der Waals surface area (Å²) in [5, 5.41) is 15.5. The molecule has 0 atom stereocenters. The highest BCUT2D eigenvalue weighted by molar-refractivity contribution is 9.11. The third-order valence-corrected chi connectivity index (χ3v) is 9.10. The number of aromatic amines is 2. The molecule has 8 rings (SSSR count). The van der Waals surface area contributed by atoms with Crippen molar-refractivity contribution in [1.29, 1.82) is 0 Å². The van der Waals surface area contributed by atoms with Crippen molar-refractivity contribution in [3.63, 3.8) is 0 Å². The van der Waals surface area contributed by atoms with E-state index in [1.54, 1.807) is 24.8 Å². The molecule has 6 heterocycles. The fourth-order valence-electron chi connectivity index (χ4n) is 5.39. The minimum atomic E-state index is 0.544. The zero-order valence-electron chi connectivity index (χ0n) is 27.8. The molecule has 0 saturated heterocycles. The van der Waals surface area contributed by atoms with Crippen LogP contribution in [0.5, 0.6) is 0 Å². The Balaban J connectivity index is 0.000000162. The number of benzene rings is 2. The van der Waals surface area contributed by atoms with Crippen LogP contribution in [0.2, 0.25) is 0 Å². The topological polar surface area (TPSA) is 157 Å². The SMILES string of the molecule is Brc1cnc(Nc2ccc3[nH]ccc3c2)nc1NCCc1ccccn1.Brc1cnc(Nc2cccc3[nH]ccc23)nc1NCCc1ccccn1. The molecular formula is C38H34Br2N12. The van der Waals surface area contributed by atoms with Gasteiger partial charge in [-0.15, -0.1) is 0 Å². The maximum atomic E-state index is 4.58. The van der Waals surface area contributed by atoms with Crippen LogP contribution in [0.25, 0.3) is 21.8 Å². The lowest BCUT2D eigenvalue weighted by atomic mass is 10.2. The zero-order valence-corrected chi connectivity index (χ0v) is 31.0. The van der Waals surface area contributed by atoms with Crippen molar-refractivity contribution in [1.82, 2.24) is 39.9 Å². The fraction of sp³-hybridized carbons (Fsp3) is 0.105. The molecular weight excluding hydrogens is 784 g/mol. The van der Waals surface area contributed by atoms with E-state index in [-0.39, 0.29) is 0 Å². The maximum Gasteiger partial charge on any atom is 0.229 e. The van der Waals surface area contributed by atoms with Gasteiger partial charge in [0.15, 0.2) is 0 Å². The molecule has 0 spiro atoms. The molecule has 0 fully saturated rings. The second kappa shape index (κ2) is 16.9. The van der Waals surface area contributed by atoms with Gasteiger partial charge in [-0.3, -0.25) is 9.97 Å². The summed E-state index contributed by atoms with van der Waals surface area (Å²) in [6.07, 6.45) is 12.6. The first-order valence-electron chi connectivity index (χ1n) is 16.6. The van der Waals surface area contributed by atoms with Gasteiger partial charge in [0.1, 0.15) is 11.6 Å². The molecule has 0 aliphatic carbocycles. The Hall–Kier alpha value is -5.86. The highest BCUT2D eigenvalue weighted by Gasteiger charge is 2.09. The summed E-state index contributed by atoms with van der Waals surface area (Å²) in [5.74, 6) is 2.59. The number of H-pyrrole nitrogens is 2. The number of hydrogen-bond acceptors (Lipinski definition) is 10. The molecule has 0 aliphatic rings. The molecule has 0 unspecified atom stereocenters. The highest BCUT2D eigenvalue weighted by Crippen LogP contribution is 2.27. The summed E-state index contributed by atoms with van der Waals surface area (Å²) in [5.41, 5.74) is 6.17. The van der Waals surface area contributed by atoms with Crippen molar-refractivity contribution in [2.24, 2.45) is 0 Å². The number of nitrogens with one attached hydrogen (secondary N) is 6. The van der Waals surface area contributed by atoms with Crippen LogP contribution in [0.3, 0.4) is 0 Å². The molecule has 0 aliphatic heterocycles. The third kappa shape index (κ3) is 9.08. The molecule has 260 valence electrons. The molecule has 6 N–H and O–H groups in total. The van der Waals surface area contributed by atoms with E-state index < -0.39 is 0 Å². The number of halogens is 2. The Bertz CT molecular complexity index is 2360. The van der Waals surface area contributed by atoms with Gasteiger partial charge in [-0.1, -0.05) is 18.2 Å².